The van der Waals surface area contributed by atoms with Gasteiger partial charge in [-0.05, 0) is 50.4 Å². The van der Waals surface area contributed by atoms with Gasteiger partial charge in [0.15, 0.2) is 5.56 Å². The Balaban J connectivity index is 2.60. The molecule has 0 fully saturated rings. The van der Waals surface area contributed by atoms with Crippen LogP contribution in [0.4, 0.5) is 32.0 Å². The van der Waals surface area contributed by atoms with Gasteiger partial charge in [0, 0.05) is 8.95 Å². The van der Waals surface area contributed by atoms with E-state index in [4.69, 9.17) is 10.5 Å². The lowest BCUT2D eigenvalue weighted by Gasteiger charge is -2.31. The SMILES string of the molecule is CCCCOC1SC(C(N)=O)=C(C(F)(F)F)N1c1c(Br)cc(OC(F)(F)F)cc1Br. The van der Waals surface area contributed by atoms with Crippen molar-refractivity contribution in [2.45, 2.75) is 37.9 Å². The molecule has 30 heavy (non-hydrogen) atoms. The van der Waals surface area contributed by atoms with Gasteiger partial charge in [0.2, 0.25) is 0 Å². The minimum atomic E-state index is -5.00. The maximum Gasteiger partial charge on any atom is 0.573 e. The smallest absolute Gasteiger partial charge is 0.406 e. The number of nitrogens with zero attached hydrogens (tertiary/aromatic N) is 1. The lowest BCUT2D eigenvalue weighted by Crippen LogP contribution is -2.37. The Morgan fingerprint density at radius 3 is 2.20 bits per heavy atom. The predicted octanol–water partition coefficient (Wildman–Crippen LogP) is 6.02. The fourth-order valence-corrected chi connectivity index (χ4v) is 5.13. The van der Waals surface area contributed by atoms with E-state index >= 15 is 0 Å². The average Bonchev–Trinajstić information content (AvgIpc) is 2.92. The van der Waals surface area contributed by atoms with Gasteiger partial charge in [-0.3, -0.25) is 9.69 Å². The summed E-state index contributed by atoms with van der Waals surface area (Å²) in [4.78, 5) is 11.6. The number of hydrogen-bond acceptors (Lipinski definition) is 5. The van der Waals surface area contributed by atoms with E-state index in [1.165, 1.54) is 0 Å². The number of rotatable bonds is 7. The van der Waals surface area contributed by atoms with Crippen LogP contribution in [0, 0.1) is 0 Å². The summed E-state index contributed by atoms with van der Waals surface area (Å²) in [5, 5.41) is 0. The minimum absolute atomic E-state index is 0.0896. The molecule has 2 rings (SSSR count). The molecule has 1 aliphatic heterocycles. The molecule has 1 heterocycles. The molecular formula is C16H14Br2F6N2O3S. The summed E-state index contributed by atoms with van der Waals surface area (Å²) in [5.41, 5.74) is 2.25. The van der Waals surface area contributed by atoms with Gasteiger partial charge >= 0.3 is 12.5 Å². The van der Waals surface area contributed by atoms with Crippen LogP contribution in [0.1, 0.15) is 19.8 Å². The van der Waals surface area contributed by atoms with Crippen LogP contribution in [0.3, 0.4) is 0 Å². The van der Waals surface area contributed by atoms with Gasteiger partial charge in [0.05, 0.1) is 12.3 Å². The van der Waals surface area contributed by atoms with Crippen molar-refractivity contribution in [3.05, 3.63) is 31.7 Å². The summed E-state index contributed by atoms with van der Waals surface area (Å²) in [6.45, 7) is 1.94. The second-order valence-corrected chi connectivity index (χ2v) is 8.60. The second-order valence-electron chi connectivity index (χ2n) is 5.84. The number of halogens is 8. The predicted molar refractivity (Wildman–Crippen MR) is 106 cm³/mol. The quantitative estimate of drug-likeness (QED) is 0.312. The molecule has 168 valence electrons. The molecule has 0 spiro atoms. The van der Waals surface area contributed by atoms with Crippen LogP contribution in [0.15, 0.2) is 31.7 Å². The van der Waals surface area contributed by atoms with Gasteiger partial charge in [0.1, 0.15) is 16.4 Å². The molecule has 1 atom stereocenters. The average molecular weight is 588 g/mol. The van der Waals surface area contributed by atoms with Gasteiger partial charge in [0.25, 0.3) is 5.91 Å². The molecule has 1 aliphatic rings. The van der Waals surface area contributed by atoms with Crippen LogP contribution in [-0.2, 0) is 9.53 Å². The van der Waals surface area contributed by atoms with E-state index in [0.717, 1.165) is 12.1 Å². The zero-order valence-corrected chi connectivity index (χ0v) is 19.0. The summed E-state index contributed by atoms with van der Waals surface area (Å²) in [6.07, 6.45) is -8.75. The number of ether oxygens (including phenoxy) is 2. The number of carbonyl (C=O) groups is 1. The normalized spacial score (nSPS) is 17.6. The third-order valence-corrected chi connectivity index (χ3v) is 5.99. The molecule has 0 aromatic heterocycles. The molecule has 1 unspecified atom stereocenters. The highest BCUT2D eigenvalue weighted by molar-refractivity contribution is 9.11. The first kappa shape index (κ1) is 25.1. The number of unbranched alkanes of at least 4 members (excludes halogenated alkanes) is 1. The van der Waals surface area contributed by atoms with Gasteiger partial charge in [-0.15, -0.1) is 13.2 Å². The summed E-state index contributed by atoms with van der Waals surface area (Å²) >= 11 is 6.45. The fourth-order valence-electron chi connectivity index (χ4n) is 2.48. The highest BCUT2D eigenvalue weighted by Gasteiger charge is 2.51. The monoisotopic (exact) mass is 586 g/mol. The molecular weight excluding hydrogens is 574 g/mol. The molecule has 1 aromatic carbocycles. The summed E-state index contributed by atoms with van der Waals surface area (Å²) in [7, 11) is 0. The number of primary amides is 1. The first-order chi connectivity index (χ1) is 13.8. The lowest BCUT2D eigenvalue weighted by molar-refractivity contribution is -0.274. The Bertz CT molecular complexity index is 824. The Kier molecular flexibility index (Phi) is 8.02. The molecule has 1 amide bonds. The molecule has 0 aliphatic carbocycles. The third kappa shape index (κ3) is 5.98. The van der Waals surface area contributed by atoms with E-state index < -0.39 is 40.4 Å². The molecule has 14 heteroatoms. The third-order valence-electron chi connectivity index (χ3n) is 3.60. The van der Waals surface area contributed by atoms with Crippen molar-refractivity contribution in [3.63, 3.8) is 0 Å². The van der Waals surface area contributed by atoms with Gasteiger partial charge in [-0.1, -0.05) is 25.1 Å². The van der Waals surface area contributed by atoms with Crippen LogP contribution in [-0.4, -0.2) is 30.6 Å². The Morgan fingerprint density at radius 2 is 1.77 bits per heavy atom. The number of carbonyl (C=O) groups excluding carboxylic acids is 1. The van der Waals surface area contributed by atoms with Crippen LogP contribution in [0.2, 0.25) is 0 Å². The van der Waals surface area contributed by atoms with Gasteiger partial charge in [-0.25, -0.2) is 0 Å². The number of nitrogens with two attached hydrogens (primary N) is 1. The number of anilines is 1. The van der Waals surface area contributed by atoms with Crippen molar-refractivity contribution in [2.75, 3.05) is 11.5 Å². The largest absolute Gasteiger partial charge is 0.573 e. The molecule has 0 saturated heterocycles. The van der Waals surface area contributed by atoms with Gasteiger partial charge in [-0.2, -0.15) is 13.2 Å². The number of amides is 1. The topological polar surface area (TPSA) is 64.8 Å². The van der Waals surface area contributed by atoms with Crippen LogP contribution in [0.5, 0.6) is 5.75 Å². The molecule has 2 N–H and O–H groups in total. The van der Waals surface area contributed by atoms with E-state index in [0.29, 0.717) is 29.5 Å². The van der Waals surface area contributed by atoms with E-state index in [9.17, 15) is 31.1 Å². The van der Waals surface area contributed by atoms with E-state index in [1.54, 1.807) is 0 Å². The van der Waals surface area contributed by atoms with Crippen LogP contribution >= 0.6 is 43.6 Å². The number of hydrogen-bond donors (Lipinski definition) is 1. The summed E-state index contributed by atoms with van der Waals surface area (Å²) in [5.74, 6) is -1.96. The number of allylic oxidation sites excluding steroid dienone is 1. The zero-order valence-electron chi connectivity index (χ0n) is 15.0. The highest BCUT2D eigenvalue weighted by atomic mass is 79.9. The lowest BCUT2D eigenvalue weighted by atomic mass is 10.2. The van der Waals surface area contributed by atoms with Crippen molar-refractivity contribution in [1.82, 2.24) is 0 Å². The zero-order chi connectivity index (χ0) is 22.9. The van der Waals surface area contributed by atoms with Crippen LogP contribution in [0.25, 0.3) is 0 Å². The maximum absolute atomic E-state index is 13.9. The van der Waals surface area contributed by atoms with Crippen LogP contribution < -0.4 is 15.4 Å². The van der Waals surface area contributed by atoms with E-state index in [-0.39, 0.29) is 21.2 Å². The summed E-state index contributed by atoms with van der Waals surface area (Å²) in [6, 6.07) is 1.72. The summed E-state index contributed by atoms with van der Waals surface area (Å²) < 4.78 is 88.1. The van der Waals surface area contributed by atoms with E-state index in [1.807, 2.05) is 6.92 Å². The minimum Gasteiger partial charge on any atom is -0.406 e. The maximum atomic E-state index is 13.9. The molecule has 0 bridgehead atoms. The Morgan fingerprint density at radius 1 is 1.20 bits per heavy atom. The molecule has 1 aromatic rings. The second kappa shape index (κ2) is 9.57. The fraction of sp³-hybridized carbons (Fsp3) is 0.438. The Labute approximate surface area is 188 Å². The van der Waals surface area contributed by atoms with Crippen molar-refractivity contribution < 1.29 is 40.6 Å². The Hall–Kier alpha value is -1.12. The number of alkyl halides is 6. The number of thioether (sulfide) groups is 1. The molecule has 0 saturated carbocycles. The van der Waals surface area contributed by atoms with Crippen molar-refractivity contribution in [1.29, 1.82) is 0 Å². The van der Waals surface area contributed by atoms with Crippen molar-refractivity contribution in [2.24, 2.45) is 5.73 Å². The van der Waals surface area contributed by atoms with Gasteiger partial charge < -0.3 is 15.2 Å². The highest BCUT2D eigenvalue weighted by Crippen LogP contribution is 2.52. The first-order valence-corrected chi connectivity index (χ1v) is 10.7. The standard InChI is InChI=1S/C16H14Br2F6N2O3S/c1-2-3-4-28-14-26(12(15(19,20)21)11(30-14)13(25)27)10-8(17)5-7(6-9(10)18)29-16(22,23)24/h5-6,14H,2-4H2,1H3,(H2,25,27). The van der Waals surface area contributed by atoms with Crippen molar-refractivity contribution >= 4 is 55.2 Å². The number of benzene rings is 1. The van der Waals surface area contributed by atoms with E-state index in [2.05, 4.69) is 36.6 Å². The molecule has 0 radical (unpaired) electrons. The first-order valence-electron chi connectivity index (χ1n) is 8.19. The van der Waals surface area contributed by atoms with Crippen molar-refractivity contribution in [3.8, 4) is 5.75 Å². The molecule has 5 nitrogen and oxygen atoms in total.